The minimum Gasteiger partial charge on any atom is -0.493 e. The largest absolute Gasteiger partial charge is 0.493 e. The van der Waals surface area contributed by atoms with Crippen molar-refractivity contribution in [3.8, 4) is 11.5 Å². The molecule has 2 aromatic rings. The van der Waals surface area contributed by atoms with Crippen molar-refractivity contribution in [2.75, 3.05) is 14.2 Å². The lowest BCUT2D eigenvalue weighted by Gasteiger charge is -2.17. The van der Waals surface area contributed by atoms with Crippen molar-refractivity contribution in [1.29, 1.82) is 0 Å². The Morgan fingerprint density at radius 2 is 2.03 bits per heavy atom. The molecule has 0 unspecified atom stereocenters. The SMILES string of the molecule is COc1cc2c(cc1OC)[C@H](NC(=O)CC[C@@H]1NC(=O)N(Cc3ccco3)C1=O)CC2. The zero-order valence-corrected chi connectivity index (χ0v) is 17.5. The number of furan rings is 1. The highest BCUT2D eigenvalue weighted by Crippen LogP contribution is 2.39. The summed E-state index contributed by atoms with van der Waals surface area (Å²) in [4.78, 5) is 38.3. The highest BCUT2D eigenvalue weighted by molar-refractivity contribution is 6.04. The molecule has 4 amide bonds. The van der Waals surface area contributed by atoms with Gasteiger partial charge in [-0.25, -0.2) is 4.79 Å². The standard InChI is InChI=1S/C22H25N3O6/c1-29-18-10-13-5-6-16(15(13)11-19(18)30-2)23-20(26)8-7-17-21(27)25(22(28)24-17)12-14-4-3-9-31-14/h3-4,9-11,16-17H,5-8,12H2,1-2H3,(H,23,26)(H,24,28)/t16-,17+/m1/s1. The summed E-state index contributed by atoms with van der Waals surface area (Å²) in [5.74, 6) is 1.30. The molecule has 0 saturated carbocycles. The Balaban J connectivity index is 1.33. The molecule has 1 aromatic carbocycles. The first-order valence-electron chi connectivity index (χ1n) is 10.2. The molecule has 1 aliphatic carbocycles. The van der Waals surface area contributed by atoms with Crippen molar-refractivity contribution in [2.24, 2.45) is 0 Å². The van der Waals surface area contributed by atoms with E-state index in [9.17, 15) is 14.4 Å². The Hall–Kier alpha value is -3.49. The number of nitrogens with zero attached hydrogens (tertiary/aromatic N) is 1. The van der Waals surface area contributed by atoms with Gasteiger partial charge in [-0.3, -0.25) is 14.5 Å². The number of hydrogen-bond donors (Lipinski definition) is 2. The first-order valence-corrected chi connectivity index (χ1v) is 10.2. The molecule has 2 heterocycles. The monoisotopic (exact) mass is 427 g/mol. The van der Waals surface area contributed by atoms with E-state index in [1.54, 1.807) is 26.4 Å². The van der Waals surface area contributed by atoms with Crippen LogP contribution in [0.25, 0.3) is 0 Å². The van der Waals surface area contributed by atoms with E-state index in [-0.39, 0.29) is 37.2 Å². The number of hydrogen-bond acceptors (Lipinski definition) is 6. The van der Waals surface area contributed by atoms with Crippen LogP contribution in [0.1, 0.15) is 42.2 Å². The predicted molar refractivity (Wildman–Crippen MR) is 110 cm³/mol. The maximum Gasteiger partial charge on any atom is 0.325 e. The molecule has 2 atom stereocenters. The molecule has 9 heteroatoms. The fraction of sp³-hybridized carbons (Fsp3) is 0.409. The summed E-state index contributed by atoms with van der Waals surface area (Å²) in [5.41, 5.74) is 2.13. The van der Waals surface area contributed by atoms with E-state index >= 15 is 0 Å². The molecule has 2 N–H and O–H groups in total. The average molecular weight is 427 g/mol. The van der Waals surface area contributed by atoms with E-state index in [4.69, 9.17) is 13.9 Å². The number of rotatable bonds is 8. The molecule has 1 aromatic heterocycles. The molecule has 1 fully saturated rings. The molecule has 164 valence electrons. The Bertz CT molecular complexity index is 987. The van der Waals surface area contributed by atoms with Gasteiger partial charge in [-0.05, 0) is 54.7 Å². The van der Waals surface area contributed by atoms with Crippen LogP contribution >= 0.6 is 0 Å². The van der Waals surface area contributed by atoms with Gasteiger partial charge in [0.15, 0.2) is 11.5 Å². The molecular weight excluding hydrogens is 402 g/mol. The zero-order valence-electron chi connectivity index (χ0n) is 17.5. The molecule has 0 spiro atoms. The Kier molecular flexibility index (Phi) is 5.83. The molecule has 2 aliphatic rings. The summed E-state index contributed by atoms with van der Waals surface area (Å²) in [5, 5.41) is 5.68. The second-order valence-electron chi connectivity index (χ2n) is 7.61. The number of fused-ring (bicyclic) bond motifs is 1. The van der Waals surface area contributed by atoms with E-state index < -0.39 is 12.1 Å². The van der Waals surface area contributed by atoms with Gasteiger partial charge < -0.3 is 24.5 Å². The molecule has 1 aliphatic heterocycles. The van der Waals surface area contributed by atoms with Crippen molar-refractivity contribution < 1.29 is 28.3 Å². The van der Waals surface area contributed by atoms with Crippen molar-refractivity contribution >= 4 is 17.8 Å². The lowest BCUT2D eigenvalue weighted by Crippen LogP contribution is -2.33. The van der Waals surface area contributed by atoms with Crippen LogP contribution in [0, 0.1) is 0 Å². The molecule has 1 saturated heterocycles. The second kappa shape index (κ2) is 8.71. The summed E-state index contributed by atoms with van der Waals surface area (Å²) in [6.45, 7) is 0.0739. The van der Waals surface area contributed by atoms with Crippen LogP contribution in [0.4, 0.5) is 4.79 Å². The van der Waals surface area contributed by atoms with Gasteiger partial charge in [0.25, 0.3) is 5.91 Å². The Labute approximate surface area is 179 Å². The third-order valence-electron chi connectivity index (χ3n) is 5.72. The number of aryl methyl sites for hydroxylation is 1. The van der Waals surface area contributed by atoms with E-state index in [0.29, 0.717) is 17.3 Å². The van der Waals surface area contributed by atoms with Gasteiger partial charge >= 0.3 is 6.03 Å². The van der Waals surface area contributed by atoms with E-state index in [0.717, 1.165) is 28.9 Å². The van der Waals surface area contributed by atoms with Crippen LogP contribution in [-0.2, 0) is 22.6 Å². The summed E-state index contributed by atoms with van der Waals surface area (Å²) < 4.78 is 15.9. The lowest BCUT2D eigenvalue weighted by atomic mass is 10.1. The molecule has 4 rings (SSSR count). The Morgan fingerprint density at radius 3 is 2.74 bits per heavy atom. The van der Waals surface area contributed by atoms with Crippen molar-refractivity contribution in [1.82, 2.24) is 15.5 Å². The van der Waals surface area contributed by atoms with Crippen LogP contribution in [0.5, 0.6) is 11.5 Å². The third-order valence-corrected chi connectivity index (χ3v) is 5.72. The minimum atomic E-state index is -0.714. The van der Waals surface area contributed by atoms with E-state index in [2.05, 4.69) is 10.6 Å². The average Bonchev–Trinajstić information content (AvgIpc) is 3.48. The fourth-order valence-corrected chi connectivity index (χ4v) is 4.11. The topological polar surface area (TPSA) is 110 Å². The first kappa shape index (κ1) is 20.8. The highest BCUT2D eigenvalue weighted by atomic mass is 16.5. The molecule has 31 heavy (non-hydrogen) atoms. The first-order chi connectivity index (χ1) is 15.0. The van der Waals surface area contributed by atoms with Gasteiger partial charge in [-0.1, -0.05) is 0 Å². The van der Waals surface area contributed by atoms with E-state index in [1.807, 2.05) is 12.1 Å². The zero-order chi connectivity index (χ0) is 22.0. The number of carbonyl (C=O) groups excluding carboxylic acids is 3. The van der Waals surface area contributed by atoms with E-state index in [1.165, 1.54) is 6.26 Å². The summed E-state index contributed by atoms with van der Waals surface area (Å²) in [6, 6.07) is 5.94. The van der Waals surface area contributed by atoms with Gasteiger partial charge in [0.2, 0.25) is 5.91 Å². The van der Waals surface area contributed by atoms with Crippen molar-refractivity contribution in [3.05, 3.63) is 47.4 Å². The number of carbonyl (C=O) groups is 3. The minimum absolute atomic E-state index is 0.0739. The number of amides is 4. The van der Waals surface area contributed by atoms with Gasteiger partial charge in [0.05, 0.1) is 33.1 Å². The number of ether oxygens (including phenoxy) is 2. The number of nitrogens with one attached hydrogen (secondary N) is 2. The van der Waals surface area contributed by atoms with Gasteiger partial charge in [-0.15, -0.1) is 0 Å². The van der Waals surface area contributed by atoms with Gasteiger partial charge in [0.1, 0.15) is 11.8 Å². The van der Waals surface area contributed by atoms with Crippen molar-refractivity contribution in [2.45, 2.75) is 44.3 Å². The predicted octanol–water partition coefficient (Wildman–Crippen LogP) is 2.30. The van der Waals surface area contributed by atoms with Gasteiger partial charge in [-0.2, -0.15) is 0 Å². The number of benzene rings is 1. The fourth-order valence-electron chi connectivity index (χ4n) is 4.11. The molecular formula is C22H25N3O6. The molecule has 0 bridgehead atoms. The number of imide groups is 1. The van der Waals surface area contributed by atoms with Crippen LogP contribution in [0.15, 0.2) is 34.9 Å². The normalized spacial score (nSPS) is 19.9. The lowest BCUT2D eigenvalue weighted by molar-refractivity contribution is -0.128. The summed E-state index contributed by atoms with van der Waals surface area (Å²) in [6.07, 6.45) is 3.47. The third kappa shape index (κ3) is 4.21. The highest BCUT2D eigenvalue weighted by Gasteiger charge is 2.38. The number of methoxy groups -OCH3 is 2. The molecule has 9 nitrogen and oxygen atoms in total. The maximum absolute atomic E-state index is 12.5. The smallest absolute Gasteiger partial charge is 0.325 e. The van der Waals surface area contributed by atoms with Gasteiger partial charge in [0, 0.05) is 6.42 Å². The Morgan fingerprint density at radius 1 is 1.26 bits per heavy atom. The quantitative estimate of drug-likeness (QED) is 0.626. The van der Waals surface area contributed by atoms with Crippen molar-refractivity contribution in [3.63, 3.8) is 0 Å². The van der Waals surface area contributed by atoms with Crippen LogP contribution in [-0.4, -0.2) is 43.0 Å². The van der Waals surface area contributed by atoms with Crippen LogP contribution in [0.3, 0.4) is 0 Å². The number of urea groups is 1. The molecule has 0 radical (unpaired) electrons. The maximum atomic E-state index is 12.5. The summed E-state index contributed by atoms with van der Waals surface area (Å²) in [7, 11) is 3.17. The van der Waals surface area contributed by atoms with Crippen LogP contribution < -0.4 is 20.1 Å². The second-order valence-corrected chi connectivity index (χ2v) is 7.61. The van der Waals surface area contributed by atoms with Crippen LogP contribution in [0.2, 0.25) is 0 Å². The summed E-state index contributed by atoms with van der Waals surface area (Å²) >= 11 is 0.